The summed E-state index contributed by atoms with van der Waals surface area (Å²) < 4.78 is 23.2. The summed E-state index contributed by atoms with van der Waals surface area (Å²) in [7, 11) is -3.05. The molecule has 5 aliphatic carbocycles. The zero-order valence-electron chi connectivity index (χ0n) is 31.2. The van der Waals surface area contributed by atoms with Crippen molar-refractivity contribution in [2.24, 2.45) is 51.2 Å². The van der Waals surface area contributed by atoms with Crippen molar-refractivity contribution in [2.45, 2.75) is 124 Å². The largest absolute Gasteiger partial charge is 0.478 e. The van der Waals surface area contributed by atoms with Gasteiger partial charge in [0, 0.05) is 18.3 Å². The smallest absolute Gasteiger partial charge is 0.335 e. The van der Waals surface area contributed by atoms with Gasteiger partial charge in [-0.05, 0) is 152 Å². The summed E-state index contributed by atoms with van der Waals surface area (Å²) in [5.74, 6) is 2.12. The molecule has 7 nitrogen and oxygen atoms in total. The summed E-state index contributed by atoms with van der Waals surface area (Å²) in [6.07, 6.45) is 13.0. The van der Waals surface area contributed by atoms with Crippen LogP contribution in [0.2, 0.25) is 0 Å². The van der Waals surface area contributed by atoms with E-state index in [0.29, 0.717) is 54.0 Å². The molecule has 8 heteroatoms. The molecule has 5 saturated carbocycles. The SMILES string of the molecule is C=C(C)[C@@H]1CC[C@]2(NC(=O)NCCCS(C)(=O)=O)CC[C@]3(C)[C@H](CC[C@@H]4[C@@]5(C)CCC(c6ccc(C(=O)O)cc6)C(C)(C)[C@@H]5CC[C@]43C)[C@@H]12. The lowest BCUT2D eigenvalue weighted by Crippen LogP contribution is -2.69. The maximum Gasteiger partial charge on any atom is 0.335 e. The molecule has 3 N–H and O–H groups in total. The Bertz CT molecular complexity index is 1590. The first-order valence-corrected chi connectivity index (χ1v) is 21.1. The highest BCUT2D eigenvalue weighted by Crippen LogP contribution is 2.77. The Morgan fingerprint density at radius 1 is 0.878 bits per heavy atom. The number of aromatic carboxylic acids is 1. The van der Waals surface area contributed by atoms with E-state index in [1.807, 2.05) is 0 Å². The maximum atomic E-state index is 13.4. The monoisotopic (exact) mass is 694 g/mol. The molecule has 0 heterocycles. The maximum absolute atomic E-state index is 13.4. The van der Waals surface area contributed by atoms with Crippen LogP contribution in [0.4, 0.5) is 4.79 Å². The van der Waals surface area contributed by atoms with Crippen LogP contribution >= 0.6 is 0 Å². The molecule has 10 atom stereocenters. The number of allylic oxidation sites excluding steroid dienone is 1. The Kier molecular flexibility index (Phi) is 9.23. The second kappa shape index (κ2) is 12.4. The first kappa shape index (κ1) is 36.4. The van der Waals surface area contributed by atoms with E-state index >= 15 is 0 Å². The van der Waals surface area contributed by atoms with Gasteiger partial charge >= 0.3 is 12.0 Å². The molecule has 0 spiro atoms. The summed E-state index contributed by atoms with van der Waals surface area (Å²) in [4.78, 5) is 24.9. The number of benzene rings is 1. The summed E-state index contributed by atoms with van der Waals surface area (Å²) in [6, 6.07) is 7.53. The molecule has 0 bridgehead atoms. The van der Waals surface area contributed by atoms with E-state index in [-0.39, 0.29) is 39.0 Å². The van der Waals surface area contributed by atoms with Crippen LogP contribution in [-0.2, 0) is 9.84 Å². The molecule has 1 aromatic rings. The Balaban J connectivity index is 1.25. The zero-order valence-corrected chi connectivity index (χ0v) is 32.0. The van der Waals surface area contributed by atoms with Crippen molar-refractivity contribution in [3.63, 3.8) is 0 Å². The minimum absolute atomic E-state index is 0.0798. The molecule has 272 valence electrons. The predicted molar refractivity (Wildman–Crippen MR) is 196 cm³/mol. The van der Waals surface area contributed by atoms with Gasteiger partial charge in [-0.2, -0.15) is 0 Å². The molecule has 5 fully saturated rings. The Labute approximate surface area is 295 Å². The van der Waals surface area contributed by atoms with Crippen LogP contribution in [0.3, 0.4) is 0 Å². The van der Waals surface area contributed by atoms with E-state index in [1.165, 1.54) is 49.5 Å². The Morgan fingerprint density at radius 2 is 1.57 bits per heavy atom. The molecule has 0 saturated heterocycles. The molecule has 0 aromatic heterocycles. The summed E-state index contributed by atoms with van der Waals surface area (Å²) >= 11 is 0. The topological polar surface area (TPSA) is 113 Å². The van der Waals surface area contributed by atoms with Gasteiger partial charge in [-0.1, -0.05) is 58.9 Å². The van der Waals surface area contributed by atoms with E-state index in [0.717, 1.165) is 32.1 Å². The number of urea groups is 1. The second-order valence-electron chi connectivity index (χ2n) is 18.5. The van der Waals surface area contributed by atoms with Gasteiger partial charge in [0.15, 0.2) is 0 Å². The second-order valence-corrected chi connectivity index (χ2v) is 20.8. The third kappa shape index (κ3) is 5.88. The van der Waals surface area contributed by atoms with Crippen LogP contribution < -0.4 is 10.6 Å². The zero-order chi connectivity index (χ0) is 35.8. The Hall–Kier alpha value is -2.35. The number of carboxylic acids is 1. The van der Waals surface area contributed by atoms with Crippen molar-refractivity contribution in [1.29, 1.82) is 0 Å². The molecule has 6 rings (SSSR count). The van der Waals surface area contributed by atoms with Crippen molar-refractivity contribution < 1.29 is 23.1 Å². The number of nitrogens with one attached hydrogen (secondary N) is 2. The molecule has 1 unspecified atom stereocenters. The third-order valence-corrected chi connectivity index (χ3v) is 17.0. The number of rotatable bonds is 8. The highest BCUT2D eigenvalue weighted by molar-refractivity contribution is 7.90. The van der Waals surface area contributed by atoms with Crippen LogP contribution in [0.1, 0.15) is 134 Å². The summed E-state index contributed by atoms with van der Waals surface area (Å²) in [6.45, 7) is 19.9. The predicted octanol–water partition coefficient (Wildman–Crippen LogP) is 8.61. The van der Waals surface area contributed by atoms with Crippen molar-refractivity contribution >= 4 is 21.8 Å². The van der Waals surface area contributed by atoms with Crippen LogP contribution in [0, 0.1) is 51.2 Å². The minimum Gasteiger partial charge on any atom is -0.478 e. The highest BCUT2D eigenvalue weighted by Gasteiger charge is 2.71. The Morgan fingerprint density at radius 3 is 2.20 bits per heavy atom. The van der Waals surface area contributed by atoms with E-state index in [4.69, 9.17) is 0 Å². The lowest BCUT2D eigenvalue weighted by molar-refractivity contribution is -0.233. The van der Waals surface area contributed by atoms with Gasteiger partial charge in [0.25, 0.3) is 0 Å². The average Bonchev–Trinajstić information content (AvgIpc) is 3.38. The van der Waals surface area contributed by atoms with E-state index < -0.39 is 15.8 Å². The molecule has 1 aromatic carbocycles. The van der Waals surface area contributed by atoms with Crippen LogP contribution in [0.25, 0.3) is 0 Å². The summed E-state index contributed by atoms with van der Waals surface area (Å²) in [5, 5.41) is 16.0. The van der Waals surface area contributed by atoms with Crippen LogP contribution in [0.15, 0.2) is 36.4 Å². The van der Waals surface area contributed by atoms with E-state index in [2.05, 4.69) is 70.9 Å². The van der Waals surface area contributed by atoms with Gasteiger partial charge in [-0.3, -0.25) is 0 Å². The fraction of sp³-hybridized carbons (Fsp3) is 0.756. The molecule has 5 aliphatic rings. The van der Waals surface area contributed by atoms with E-state index in [9.17, 15) is 23.1 Å². The number of fused-ring (bicyclic) bond motifs is 7. The van der Waals surface area contributed by atoms with Crippen LogP contribution in [0.5, 0.6) is 0 Å². The van der Waals surface area contributed by atoms with Crippen molar-refractivity contribution in [3.05, 3.63) is 47.5 Å². The molecular formula is C41H62N2O5S. The van der Waals surface area contributed by atoms with Crippen LogP contribution in [-0.4, -0.2) is 49.6 Å². The fourth-order valence-electron chi connectivity index (χ4n) is 13.6. The molecule has 2 amide bonds. The number of hydrogen-bond donors (Lipinski definition) is 3. The van der Waals surface area contributed by atoms with Gasteiger partial charge in [0.1, 0.15) is 9.84 Å². The van der Waals surface area contributed by atoms with Gasteiger partial charge in [0.05, 0.1) is 11.3 Å². The minimum atomic E-state index is -3.05. The lowest BCUT2D eigenvalue weighted by atomic mass is 9.32. The number of carboxylic acid groups (broad SMARTS) is 1. The van der Waals surface area contributed by atoms with Gasteiger partial charge in [-0.25, -0.2) is 18.0 Å². The van der Waals surface area contributed by atoms with Gasteiger partial charge in [0.2, 0.25) is 0 Å². The fourth-order valence-corrected chi connectivity index (χ4v) is 14.3. The lowest BCUT2D eigenvalue weighted by Gasteiger charge is -2.73. The number of carbonyl (C=O) groups excluding carboxylic acids is 1. The highest BCUT2D eigenvalue weighted by atomic mass is 32.2. The van der Waals surface area contributed by atoms with Crippen molar-refractivity contribution in [1.82, 2.24) is 10.6 Å². The van der Waals surface area contributed by atoms with Crippen molar-refractivity contribution in [3.8, 4) is 0 Å². The average molecular weight is 695 g/mol. The third-order valence-electron chi connectivity index (χ3n) is 16.0. The number of sulfone groups is 1. The summed E-state index contributed by atoms with van der Waals surface area (Å²) in [5.41, 5.74) is 3.34. The molecule has 49 heavy (non-hydrogen) atoms. The first-order valence-electron chi connectivity index (χ1n) is 19.0. The number of hydrogen-bond acceptors (Lipinski definition) is 4. The quantitative estimate of drug-likeness (QED) is 0.186. The molecule has 0 radical (unpaired) electrons. The number of carbonyl (C=O) groups is 2. The first-order chi connectivity index (χ1) is 22.8. The number of amides is 2. The van der Waals surface area contributed by atoms with Crippen molar-refractivity contribution in [2.75, 3.05) is 18.6 Å². The molecule has 0 aliphatic heterocycles. The van der Waals surface area contributed by atoms with Gasteiger partial charge in [-0.15, -0.1) is 0 Å². The molecular weight excluding hydrogens is 633 g/mol. The van der Waals surface area contributed by atoms with E-state index in [1.54, 1.807) is 12.1 Å². The standard InChI is InChI=1S/C41H62N2O5S/c1-26(2)29-16-21-41(43-36(46)42-24-9-25-49(8,47)48)23-22-39(6)31(34(29)41)14-15-33-38(5)19-17-30(27-10-12-28(13-11-27)35(44)45)37(3,4)32(38)18-20-40(33,39)7/h10-13,29-34H,1,9,14-25H2,2-8H3,(H,44,45)(H2,42,43,46)/t29-,30?,31+,32-,33+,34+,38-,39+,40+,41-/m0/s1. The normalized spacial score (nSPS) is 41.0. The van der Waals surface area contributed by atoms with Gasteiger partial charge < -0.3 is 15.7 Å².